The maximum atomic E-state index is 12.5. The van der Waals surface area contributed by atoms with E-state index in [0.717, 1.165) is 36.8 Å². The van der Waals surface area contributed by atoms with E-state index in [2.05, 4.69) is 6.92 Å². The number of fused-ring (bicyclic) bond motifs is 3. The number of aryl methyl sites for hydroxylation is 1. The van der Waals surface area contributed by atoms with Crippen LogP contribution in [0.1, 0.15) is 43.7 Å². The molecule has 1 fully saturated rings. The molecule has 1 aromatic rings. The zero-order chi connectivity index (χ0) is 15.9. The SMILES string of the molecule is CC[C@@]12CC(=O)C(OC)C[C@@H]1CCc1ccc(OC)c(O)c12. The average Bonchev–Trinajstić information content (AvgIpc) is 2.54. The maximum absolute atomic E-state index is 12.5. The molecule has 2 aliphatic rings. The number of aromatic hydroxyl groups is 1. The average molecular weight is 304 g/mol. The molecule has 0 radical (unpaired) electrons. The Morgan fingerprint density at radius 1 is 1.36 bits per heavy atom. The molecule has 1 aromatic carbocycles. The van der Waals surface area contributed by atoms with Crippen LogP contribution in [0.15, 0.2) is 12.1 Å². The fraction of sp³-hybridized carbons (Fsp3) is 0.611. The van der Waals surface area contributed by atoms with E-state index >= 15 is 0 Å². The third-order valence-corrected chi connectivity index (χ3v) is 5.75. The van der Waals surface area contributed by atoms with Crippen LogP contribution < -0.4 is 4.74 Å². The minimum absolute atomic E-state index is 0.149. The highest BCUT2D eigenvalue weighted by Crippen LogP contribution is 2.55. The summed E-state index contributed by atoms with van der Waals surface area (Å²) >= 11 is 0. The smallest absolute Gasteiger partial charge is 0.162 e. The standard InChI is InChI=1S/C18H24O4/c1-4-18-10-13(19)15(22-3)9-12(18)7-5-11-6-8-14(21-2)17(20)16(11)18/h6,8,12,15,20H,4-5,7,9-10H2,1-3H3/t12-,15?,18+/m0/s1. The van der Waals surface area contributed by atoms with Gasteiger partial charge >= 0.3 is 0 Å². The summed E-state index contributed by atoms with van der Waals surface area (Å²) in [4.78, 5) is 12.5. The van der Waals surface area contributed by atoms with E-state index in [9.17, 15) is 9.90 Å². The summed E-state index contributed by atoms with van der Waals surface area (Å²) in [6, 6.07) is 3.86. The van der Waals surface area contributed by atoms with Crippen molar-refractivity contribution >= 4 is 5.78 Å². The van der Waals surface area contributed by atoms with E-state index in [1.165, 1.54) is 0 Å². The first-order valence-electron chi connectivity index (χ1n) is 8.02. The summed E-state index contributed by atoms with van der Waals surface area (Å²) in [7, 11) is 3.17. The molecule has 0 bridgehead atoms. The van der Waals surface area contributed by atoms with Gasteiger partial charge in [-0.2, -0.15) is 0 Å². The van der Waals surface area contributed by atoms with Gasteiger partial charge in [-0.3, -0.25) is 4.79 Å². The number of carbonyl (C=O) groups excluding carboxylic acids is 1. The Balaban J connectivity index is 2.14. The summed E-state index contributed by atoms with van der Waals surface area (Å²) in [5, 5.41) is 10.7. The second kappa shape index (κ2) is 5.58. The van der Waals surface area contributed by atoms with E-state index in [-0.39, 0.29) is 23.1 Å². The third kappa shape index (κ3) is 2.04. The number of carbonyl (C=O) groups is 1. The highest BCUT2D eigenvalue weighted by molar-refractivity contribution is 5.86. The molecular formula is C18H24O4. The van der Waals surface area contributed by atoms with E-state index in [1.807, 2.05) is 12.1 Å². The summed E-state index contributed by atoms with van der Waals surface area (Å²) in [5.74, 6) is 1.23. The van der Waals surface area contributed by atoms with Crippen molar-refractivity contribution in [2.75, 3.05) is 14.2 Å². The molecular weight excluding hydrogens is 280 g/mol. The van der Waals surface area contributed by atoms with Gasteiger partial charge in [0.15, 0.2) is 17.3 Å². The predicted molar refractivity (Wildman–Crippen MR) is 83.5 cm³/mol. The molecule has 2 aliphatic carbocycles. The van der Waals surface area contributed by atoms with Crippen LogP contribution >= 0.6 is 0 Å². The van der Waals surface area contributed by atoms with Crippen molar-refractivity contribution in [3.05, 3.63) is 23.3 Å². The Morgan fingerprint density at radius 3 is 2.77 bits per heavy atom. The van der Waals surface area contributed by atoms with E-state index in [0.29, 0.717) is 18.1 Å². The van der Waals surface area contributed by atoms with Gasteiger partial charge in [-0.1, -0.05) is 13.0 Å². The minimum Gasteiger partial charge on any atom is -0.504 e. The number of hydrogen-bond donors (Lipinski definition) is 1. The molecule has 0 amide bonds. The van der Waals surface area contributed by atoms with Crippen molar-refractivity contribution in [3.8, 4) is 11.5 Å². The molecule has 3 atom stereocenters. The molecule has 22 heavy (non-hydrogen) atoms. The third-order valence-electron chi connectivity index (χ3n) is 5.75. The monoisotopic (exact) mass is 304 g/mol. The van der Waals surface area contributed by atoms with Crippen LogP contribution in [0.3, 0.4) is 0 Å². The highest BCUT2D eigenvalue weighted by atomic mass is 16.5. The van der Waals surface area contributed by atoms with Gasteiger partial charge in [-0.05, 0) is 43.2 Å². The number of phenolic OH excluding ortho intramolecular Hbond substituents is 1. The topological polar surface area (TPSA) is 55.8 Å². The highest BCUT2D eigenvalue weighted by Gasteiger charge is 2.51. The second-order valence-electron chi connectivity index (χ2n) is 6.50. The zero-order valence-corrected chi connectivity index (χ0v) is 13.5. The second-order valence-corrected chi connectivity index (χ2v) is 6.50. The molecule has 1 saturated carbocycles. The van der Waals surface area contributed by atoms with Crippen LogP contribution in [-0.2, 0) is 21.4 Å². The first kappa shape index (κ1) is 15.3. The number of ether oxygens (including phenoxy) is 2. The van der Waals surface area contributed by atoms with Crippen molar-refractivity contribution in [2.24, 2.45) is 5.92 Å². The van der Waals surface area contributed by atoms with Crippen LogP contribution in [0.4, 0.5) is 0 Å². The molecule has 1 unspecified atom stereocenters. The Bertz CT molecular complexity index is 595. The molecule has 3 rings (SSSR count). The maximum Gasteiger partial charge on any atom is 0.162 e. The van der Waals surface area contributed by atoms with Gasteiger partial charge in [-0.15, -0.1) is 0 Å². The molecule has 4 heteroatoms. The minimum atomic E-state index is -0.293. The number of hydrogen-bond acceptors (Lipinski definition) is 4. The van der Waals surface area contributed by atoms with Gasteiger partial charge in [0.25, 0.3) is 0 Å². The first-order chi connectivity index (χ1) is 10.6. The summed E-state index contributed by atoms with van der Waals surface area (Å²) in [6.07, 6.45) is 3.72. The number of benzene rings is 1. The molecule has 0 aliphatic heterocycles. The lowest BCUT2D eigenvalue weighted by Gasteiger charge is -2.49. The van der Waals surface area contributed by atoms with Crippen LogP contribution in [0, 0.1) is 5.92 Å². The van der Waals surface area contributed by atoms with Crippen molar-refractivity contribution < 1.29 is 19.4 Å². The van der Waals surface area contributed by atoms with Crippen LogP contribution in [0.5, 0.6) is 11.5 Å². The normalized spacial score (nSPS) is 30.6. The predicted octanol–water partition coefficient (Wildman–Crippen LogP) is 2.99. The summed E-state index contributed by atoms with van der Waals surface area (Å²) in [5.41, 5.74) is 1.81. The van der Waals surface area contributed by atoms with E-state index < -0.39 is 0 Å². The summed E-state index contributed by atoms with van der Waals surface area (Å²) in [6.45, 7) is 2.11. The number of phenols is 1. The first-order valence-corrected chi connectivity index (χ1v) is 8.02. The quantitative estimate of drug-likeness (QED) is 0.932. The fourth-order valence-electron chi connectivity index (χ4n) is 4.56. The van der Waals surface area contributed by atoms with Crippen molar-refractivity contribution in [1.29, 1.82) is 0 Å². The Kier molecular flexibility index (Phi) is 3.89. The van der Waals surface area contributed by atoms with Crippen molar-refractivity contribution in [2.45, 2.75) is 50.5 Å². The van der Waals surface area contributed by atoms with Gasteiger partial charge in [0, 0.05) is 24.5 Å². The zero-order valence-electron chi connectivity index (χ0n) is 13.5. The lowest BCUT2D eigenvalue weighted by atomic mass is 9.55. The molecule has 0 aromatic heterocycles. The van der Waals surface area contributed by atoms with Gasteiger partial charge in [0.05, 0.1) is 7.11 Å². The molecule has 0 saturated heterocycles. The molecule has 4 nitrogen and oxygen atoms in total. The van der Waals surface area contributed by atoms with Crippen LogP contribution in [-0.4, -0.2) is 31.2 Å². The van der Waals surface area contributed by atoms with Gasteiger partial charge in [0.1, 0.15) is 6.10 Å². The molecule has 120 valence electrons. The molecule has 0 heterocycles. The Labute approximate surface area is 131 Å². The van der Waals surface area contributed by atoms with Crippen LogP contribution in [0.25, 0.3) is 0 Å². The van der Waals surface area contributed by atoms with E-state index in [4.69, 9.17) is 9.47 Å². The van der Waals surface area contributed by atoms with Crippen molar-refractivity contribution in [1.82, 2.24) is 0 Å². The number of methoxy groups -OCH3 is 2. The Morgan fingerprint density at radius 2 is 2.14 bits per heavy atom. The fourth-order valence-corrected chi connectivity index (χ4v) is 4.56. The van der Waals surface area contributed by atoms with Gasteiger partial charge in [0.2, 0.25) is 0 Å². The van der Waals surface area contributed by atoms with Gasteiger partial charge < -0.3 is 14.6 Å². The lowest BCUT2D eigenvalue weighted by Crippen LogP contribution is -2.49. The lowest BCUT2D eigenvalue weighted by molar-refractivity contribution is -0.137. The summed E-state index contributed by atoms with van der Waals surface area (Å²) < 4.78 is 10.7. The van der Waals surface area contributed by atoms with Crippen molar-refractivity contribution in [3.63, 3.8) is 0 Å². The van der Waals surface area contributed by atoms with Gasteiger partial charge in [-0.25, -0.2) is 0 Å². The van der Waals surface area contributed by atoms with E-state index in [1.54, 1.807) is 14.2 Å². The molecule has 0 spiro atoms. The number of rotatable bonds is 3. The Hall–Kier alpha value is -1.55. The molecule has 1 N–H and O–H groups in total. The largest absolute Gasteiger partial charge is 0.504 e. The number of Topliss-reactive ketones (excluding diaryl/α,β-unsaturated/α-hetero) is 1. The number of ketones is 1. The van der Waals surface area contributed by atoms with Crippen LogP contribution in [0.2, 0.25) is 0 Å².